The summed E-state index contributed by atoms with van der Waals surface area (Å²) in [7, 11) is 1.86. The minimum Gasteiger partial charge on any atom is -0.349 e. The lowest BCUT2D eigenvalue weighted by molar-refractivity contribution is 0.363. The molecule has 0 aromatic carbocycles. The van der Waals surface area contributed by atoms with Crippen molar-refractivity contribution in [2.45, 2.75) is 0 Å². The molecular weight excluding hydrogens is 158 g/mol. The fourth-order valence-electron chi connectivity index (χ4n) is 1.22. The van der Waals surface area contributed by atoms with Gasteiger partial charge in [0.1, 0.15) is 0 Å². The summed E-state index contributed by atoms with van der Waals surface area (Å²) in [6, 6.07) is 0. The highest BCUT2D eigenvalue weighted by atomic mass is 32.2. The van der Waals surface area contributed by atoms with E-state index in [2.05, 4.69) is 21.5 Å². The van der Waals surface area contributed by atoms with Crippen molar-refractivity contribution in [2.75, 3.05) is 39.5 Å². The van der Waals surface area contributed by atoms with Crippen LogP contribution in [0.25, 0.3) is 0 Å². The van der Waals surface area contributed by atoms with Crippen LogP contribution in [0.1, 0.15) is 0 Å². The summed E-state index contributed by atoms with van der Waals surface area (Å²) in [5.41, 5.74) is 0. The molecule has 1 fully saturated rings. The number of piperazine rings is 1. The number of hydrogen-bond acceptors (Lipinski definition) is 3. The van der Waals surface area contributed by atoms with Gasteiger partial charge in [-0.25, -0.2) is 0 Å². The first-order chi connectivity index (χ1) is 5.38. The Kier molecular flexibility index (Phi) is 3.72. The van der Waals surface area contributed by atoms with Crippen LogP contribution in [0.15, 0.2) is 4.99 Å². The molecule has 0 atom stereocenters. The fraction of sp³-hybridized carbons (Fsp3) is 0.857. The third-order valence-corrected chi connectivity index (χ3v) is 2.57. The van der Waals surface area contributed by atoms with Crippen LogP contribution in [-0.4, -0.2) is 49.6 Å². The molecule has 1 heterocycles. The Morgan fingerprint density at radius 2 is 2.09 bits per heavy atom. The molecular formula is C7H15N3S. The van der Waals surface area contributed by atoms with Gasteiger partial charge in [-0.05, 0) is 6.26 Å². The van der Waals surface area contributed by atoms with Gasteiger partial charge in [-0.15, -0.1) is 0 Å². The molecule has 0 aliphatic carbocycles. The average Bonchev–Trinajstić information content (AvgIpc) is 2.09. The summed E-state index contributed by atoms with van der Waals surface area (Å²) in [6.45, 7) is 4.35. The van der Waals surface area contributed by atoms with Crippen molar-refractivity contribution in [3.63, 3.8) is 0 Å². The van der Waals surface area contributed by atoms with E-state index in [1.807, 2.05) is 7.05 Å². The number of rotatable bonds is 0. The number of hydrogen-bond donors (Lipinski definition) is 1. The van der Waals surface area contributed by atoms with Crippen LogP contribution >= 0.6 is 11.8 Å². The van der Waals surface area contributed by atoms with Gasteiger partial charge in [0.25, 0.3) is 0 Å². The van der Waals surface area contributed by atoms with E-state index in [1.165, 1.54) is 0 Å². The van der Waals surface area contributed by atoms with Crippen LogP contribution < -0.4 is 5.32 Å². The van der Waals surface area contributed by atoms with Crippen LogP contribution in [0.5, 0.6) is 0 Å². The molecule has 1 aliphatic heterocycles. The predicted molar refractivity (Wildman–Crippen MR) is 51.3 cm³/mol. The highest BCUT2D eigenvalue weighted by Gasteiger charge is 2.11. The van der Waals surface area contributed by atoms with E-state index in [9.17, 15) is 0 Å². The van der Waals surface area contributed by atoms with Crippen LogP contribution in [0.2, 0.25) is 0 Å². The zero-order valence-electron chi connectivity index (χ0n) is 7.13. The molecule has 0 aromatic rings. The van der Waals surface area contributed by atoms with Crippen LogP contribution in [0.4, 0.5) is 0 Å². The molecule has 0 saturated carbocycles. The van der Waals surface area contributed by atoms with Crippen molar-refractivity contribution in [3.8, 4) is 0 Å². The van der Waals surface area contributed by atoms with Crippen molar-refractivity contribution < 1.29 is 0 Å². The lowest BCUT2D eigenvalue weighted by Gasteiger charge is -2.29. The van der Waals surface area contributed by atoms with Crippen molar-refractivity contribution in [3.05, 3.63) is 0 Å². The Balaban J connectivity index is 2.43. The molecule has 0 spiro atoms. The summed E-state index contributed by atoms with van der Waals surface area (Å²) in [4.78, 5) is 6.53. The number of aliphatic imine (C=N–C) groups is 1. The molecule has 11 heavy (non-hydrogen) atoms. The minimum atomic E-state index is 1.08. The number of amidine groups is 1. The summed E-state index contributed by atoms with van der Waals surface area (Å²) in [5.74, 6) is 0. The molecule has 0 radical (unpaired) electrons. The number of thioether (sulfide) groups is 1. The molecule has 0 unspecified atom stereocenters. The molecule has 1 aliphatic rings. The molecule has 3 nitrogen and oxygen atoms in total. The Hall–Kier alpha value is -0.220. The topological polar surface area (TPSA) is 27.6 Å². The van der Waals surface area contributed by atoms with E-state index in [-0.39, 0.29) is 0 Å². The Labute approximate surface area is 72.3 Å². The minimum absolute atomic E-state index is 1.08. The predicted octanol–water partition coefficient (Wildman–Crippen LogP) is 0.240. The van der Waals surface area contributed by atoms with Crippen molar-refractivity contribution >= 4 is 16.9 Å². The largest absolute Gasteiger partial charge is 0.349 e. The van der Waals surface area contributed by atoms with E-state index >= 15 is 0 Å². The maximum Gasteiger partial charge on any atom is 0.158 e. The van der Waals surface area contributed by atoms with E-state index in [4.69, 9.17) is 0 Å². The smallest absolute Gasteiger partial charge is 0.158 e. The van der Waals surface area contributed by atoms with Gasteiger partial charge >= 0.3 is 0 Å². The van der Waals surface area contributed by atoms with Gasteiger partial charge in [0, 0.05) is 33.2 Å². The van der Waals surface area contributed by atoms with Crippen LogP contribution in [0.3, 0.4) is 0 Å². The van der Waals surface area contributed by atoms with Gasteiger partial charge in [0.2, 0.25) is 0 Å². The normalized spacial score (nSPS) is 20.5. The molecule has 0 amide bonds. The Bertz CT molecular complexity index is 141. The maximum absolute atomic E-state index is 4.21. The summed E-state index contributed by atoms with van der Waals surface area (Å²) >= 11 is 1.72. The standard InChI is InChI=1S/C7H15N3S/c1-8-7(11-2)10-5-3-9-4-6-10/h9H,3-6H2,1-2H3. The lowest BCUT2D eigenvalue weighted by Crippen LogP contribution is -2.45. The van der Waals surface area contributed by atoms with Crippen molar-refractivity contribution in [1.29, 1.82) is 0 Å². The summed E-state index contributed by atoms with van der Waals surface area (Å²) < 4.78 is 0. The first kappa shape index (κ1) is 8.87. The quantitative estimate of drug-likeness (QED) is 0.420. The van der Waals surface area contributed by atoms with Gasteiger partial charge < -0.3 is 10.2 Å². The molecule has 64 valence electrons. The lowest BCUT2D eigenvalue weighted by atomic mass is 10.4. The van der Waals surface area contributed by atoms with Gasteiger partial charge in [0.05, 0.1) is 0 Å². The first-order valence-corrected chi connectivity index (χ1v) is 5.07. The van der Waals surface area contributed by atoms with Gasteiger partial charge in [0.15, 0.2) is 5.17 Å². The molecule has 1 rings (SSSR count). The van der Waals surface area contributed by atoms with Crippen LogP contribution in [0, 0.1) is 0 Å². The average molecular weight is 173 g/mol. The maximum atomic E-state index is 4.21. The van der Waals surface area contributed by atoms with Gasteiger partial charge in [-0.1, -0.05) is 11.8 Å². The van der Waals surface area contributed by atoms with Crippen molar-refractivity contribution in [2.24, 2.45) is 4.99 Å². The second kappa shape index (κ2) is 4.62. The number of nitrogens with zero attached hydrogens (tertiary/aromatic N) is 2. The molecule has 0 bridgehead atoms. The molecule has 0 aromatic heterocycles. The highest BCUT2D eigenvalue weighted by molar-refractivity contribution is 8.13. The third kappa shape index (κ3) is 2.38. The fourth-order valence-corrected chi connectivity index (χ4v) is 1.84. The zero-order valence-corrected chi connectivity index (χ0v) is 7.95. The van der Waals surface area contributed by atoms with Crippen LogP contribution in [-0.2, 0) is 0 Å². The number of nitrogens with one attached hydrogen (secondary N) is 1. The molecule has 1 saturated heterocycles. The Morgan fingerprint density at radius 1 is 1.45 bits per heavy atom. The second-order valence-corrected chi connectivity index (χ2v) is 3.22. The summed E-state index contributed by atoms with van der Waals surface area (Å²) in [5, 5.41) is 4.47. The Morgan fingerprint density at radius 3 is 2.55 bits per heavy atom. The zero-order chi connectivity index (χ0) is 8.10. The molecule has 1 N–H and O–H groups in total. The SMILES string of the molecule is CN=C(SC)N1CCNCC1. The van der Waals surface area contributed by atoms with Crippen molar-refractivity contribution in [1.82, 2.24) is 10.2 Å². The van der Waals surface area contributed by atoms with Gasteiger partial charge in [-0.2, -0.15) is 0 Å². The monoisotopic (exact) mass is 173 g/mol. The van der Waals surface area contributed by atoms with E-state index in [0.717, 1.165) is 31.3 Å². The van der Waals surface area contributed by atoms with E-state index < -0.39 is 0 Å². The highest BCUT2D eigenvalue weighted by Crippen LogP contribution is 2.05. The van der Waals surface area contributed by atoms with Gasteiger partial charge in [-0.3, -0.25) is 4.99 Å². The first-order valence-electron chi connectivity index (χ1n) is 3.85. The van der Waals surface area contributed by atoms with E-state index in [1.54, 1.807) is 11.8 Å². The van der Waals surface area contributed by atoms with E-state index in [0.29, 0.717) is 0 Å². The molecule has 4 heteroatoms. The second-order valence-electron chi connectivity index (χ2n) is 2.45. The summed E-state index contributed by atoms with van der Waals surface area (Å²) in [6.07, 6.45) is 2.07. The third-order valence-electron chi connectivity index (χ3n) is 1.76.